The van der Waals surface area contributed by atoms with Crippen molar-refractivity contribution < 1.29 is 41.8 Å². The number of pyridine rings is 2. The molecule has 1 aliphatic heterocycles. The van der Waals surface area contributed by atoms with Gasteiger partial charge in [0.1, 0.15) is 41.4 Å². The van der Waals surface area contributed by atoms with Crippen LogP contribution in [0.3, 0.4) is 0 Å². The summed E-state index contributed by atoms with van der Waals surface area (Å²) in [6, 6.07) is 27.6. The largest absolute Gasteiger partial charge is 0.508 e. The highest BCUT2D eigenvalue weighted by atomic mass is 35.5. The second-order valence-electron chi connectivity index (χ2n) is 14.9. The van der Waals surface area contributed by atoms with E-state index in [0.717, 1.165) is 11.0 Å². The van der Waals surface area contributed by atoms with Gasteiger partial charge >= 0.3 is 13.3 Å². The van der Waals surface area contributed by atoms with E-state index >= 15 is 4.39 Å². The molecule has 4 aromatic carbocycles. The Kier molecular flexibility index (Phi) is 15.8. The highest BCUT2D eigenvalue weighted by Crippen LogP contribution is 2.38. The van der Waals surface area contributed by atoms with Crippen LogP contribution in [0.15, 0.2) is 109 Å². The summed E-state index contributed by atoms with van der Waals surface area (Å²) in [6.07, 6.45) is 2.88. The number of anilines is 2. The van der Waals surface area contributed by atoms with Crippen molar-refractivity contribution in [2.45, 2.75) is 51.9 Å². The van der Waals surface area contributed by atoms with Crippen molar-refractivity contribution in [3.63, 3.8) is 0 Å². The molecule has 62 heavy (non-hydrogen) atoms. The summed E-state index contributed by atoms with van der Waals surface area (Å²) in [6.45, 7) is 7.86. The third-order valence-corrected chi connectivity index (χ3v) is 10.6. The summed E-state index contributed by atoms with van der Waals surface area (Å²) in [7, 11) is 3.79. The fourth-order valence-corrected chi connectivity index (χ4v) is 6.49. The average Bonchev–Trinajstić information content (AvgIpc) is 3.47. The van der Waals surface area contributed by atoms with E-state index in [1.807, 2.05) is 39.8 Å². The zero-order valence-electron chi connectivity index (χ0n) is 35.3. The van der Waals surface area contributed by atoms with Gasteiger partial charge in [-0.2, -0.15) is 0 Å². The zero-order chi connectivity index (χ0) is 45.2. The standard InChI is InChI=1S/C19H16ClFN2O.C16H14ClFO4.C11H17BN2O2/c1-24-16-7-6-14(9-12-5-8-17(22)23-11-12)19(21)18(16)13-3-2-4-15(20)10-13;1-20-13-7-6-11(9-22-16(19)21-2)15(18)14(13)10-4-3-5-12(17)8-10;1-10(2)11(3,4)16-12(15-10)8-5-6-9(13)14-7-8/h2-8,10-11H,9H2,1H3,(H2,22,23);3-8H,9H2,1-2H3;5-7H,1-4H3,(H2,13,14). The Morgan fingerprint density at radius 3 is 1.65 bits per heavy atom. The van der Waals surface area contributed by atoms with E-state index in [9.17, 15) is 9.18 Å². The van der Waals surface area contributed by atoms with Crippen molar-refractivity contribution in [3.05, 3.63) is 148 Å². The molecule has 3 heterocycles. The molecule has 324 valence electrons. The van der Waals surface area contributed by atoms with Crippen LogP contribution in [0.4, 0.5) is 25.2 Å². The van der Waals surface area contributed by atoms with E-state index < -0.39 is 12.0 Å². The van der Waals surface area contributed by atoms with E-state index in [4.69, 9.17) is 58.2 Å². The SMILES string of the molecule is CC1(C)OB(c2ccc(N)nc2)OC1(C)C.COC(=O)OCc1ccc(OC)c(-c2cccc(Cl)c2)c1F.COc1ccc(Cc2ccc(N)nc2)c(F)c1-c1cccc(Cl)c1. The maximum atomic E-state index is 15.1. The minimum absolute atomic E-state index is 0.209. The maximum absolute atomic E-state index is 15.1. The number of carbonyl (C=O) groups is 1. The predicted octanol–water partition coefficient (Wildman–Crippen LogP) is 10.1. The molecule has 0 atom stereocenters. The average molecular weight is 888 g/mol. The van der Waals surface area contributed by atoms with Gasteiger partial charge in [-0.25, -0.2) is 23.5 Å². The minimum Gasteiger partial charge on any atom is -0.496 e. The number of aromatic nitrogens is 2. The normalized spacial score (nSPS) is 13.5. The molecule has 11 nitrogen and oxygen atoms in total. The van der Waals surface area contributed by atoms with Crippen molar-refractivity contribution >= 4 is 53.6 Å². The monoisotopic (exact) mass is 886 g/mol. The number of nitrogens with two attached hydrogens (primary N) is 2. The molecular formula is C46H47BCl2F2N4O7. The molecule has 7 rings (SSSR count). The van der Waals surface area contributed by atoms with Gasteiger partial charge in [0.05, 0.1) is 43.7 Å². The molecule has 1 aliphatic rings. The molecule has 0 amide bonds. The summed E-state index contributed by atoms with van der Waals surface area (Å²) in [4.78, 5) is 19.1. The number of rotatable bonds is 9. The highest BCUT2D eigenvalue weighted by Gasteiger charge is 2.51. The van der Waals surface area contributed by atoms with Gasteiger partial charge in [0.25, 0.3) is 0 Å². The van der Waals surface area contributed by atoms with Gasteiger partial charge in [-0.05, 0) is 105 Å². The van der Waals surface area contributed by atoms with Crippen LogP contribution in [0.5, 0.6) is 11.5 Å². The number of nitrogens with zero attached hydrogens (tertiary/aromatic N) is 2. The number of halogens is 4. The third-order valence-electron chi connectivity index (χ3n) is 10.1. The van der Waals surface area contributed by atoms with Crippen LogP contribution in [0.25, 0.3) is 22.3 Å². The molecule has 0 bridgehead atoms. The van der Waals surface area contributed by atoms with Crippen LogP contribution in [0, 0.1) is 11.6 Å². The van der Waals surface area contributed by atoms with Crippen LogP contribution in [-0.2, 0) is 31.8 Å². The Morgan fingerprint density at radius 1 is 0.694 bits per heavy atom. The molecule has 16 heteroatoms. The predicted molar refractivity (Wildman–Crippen MR) is 240 cm³/mol. The van der Waals surface area contributed by atoms with Gasteiger partial charge in [-0.3, -0.25) is 0 Å². The van der Waals surface area contributed by atoms with Crippen molar-refractivity contribution in [2.75, 3.05) is 32.8 Å². The zero-order valence-corrected chi connectivity index (χ0v) is 36.8. The number of hydrogen-bond donors (Lipinski definition) is 2. The quantitative estimate of drug-likeness (QED) is 0.105. The topological polar surface area (TPSA) is 150 Å². The molecule has 6 aromatic rings. The molecule has 0 unspecified atom stereocenters. The summed E-state index contributed by atoms with van der Waals surface area (Å²) in [5, 5.41) is 1.03. The molecule has 2 aromatic heterocycles. The lowest BCUT2D eigenvalue weighted by Gasteiger charge is -2.32. The van der Waals surface area contributed by atoms with Crippen LogP contribution in [-0.4, -0.2) is 55.8 Å². The van der Waals surface area contributed by atoms with Crippen LogP contribution in [0.1, 0.15) is 44.4 Å². The molecule has 0 saturated carbocycles. The van der Waals surface area contributed by atoms with E-state index in [2.05, 4.69) is 14.7 Å². The minimum atomic E-state index is -0.875. The molecule has 1 fully saturated rings. The Balaban J connectivity index is 0.000000179. The van der Waals surface area contributed by atoms with Crippen LogP contribution in [0.2, 0.25) is 10.0 Å². The van der Waals surface area contributed by atoms with Crippen molar-refractivity contribution in [2.24, 2.45) is 0 Å². The lowest BCUT2D eigenvalue weighted by Crippen LogP contribution is -2.41. The highest BCUT2D eigenvalue weighted by molar-refractivity contribution is 6.62. The van der Waals surface area contributed by atoms with E-state index in [1.165, 1.54) is 27.4 Å². The van der Waals surface area contributed by atoms with E-state index in [-0.39, 0.29) is 41.9 Å². The first-order valence-electron chi connectivity index (χ1n) is 19.2. The Labute approximate surface area is 370 Å². The lowest BCUT2D eigenvalue weighted by atomic mass is 9.80. The van der Waals surface area contributed by atoms with Crippen LogP contribution >= 0.6 is 23.2 Å². The summed E-state index contributed by atoms with van der Waals surface area (Å²) in [5.41, 5.74) is 14.9. The maximum Gasteiger partial charge on any atom is 0.508 e. The Hall–Kier alpha value is -5.93. The fraction of sp³-hybridized carbons (Fsp3) is 0.239. The summed E-state index contributed by atoms with van der Waals surface area (Å²) >= 11 is 12.0. The van der Waals surface area contributed by atoms with Gasteiger partial charge < -0.3 is 39.7 Å². The van der Waals surface area contributed by atoms with Gasteiger partial charge in [0, 0.05) is 39.9 Å². The molecule has 4 N–H and O–H groups in total. The molecule has 0 aliphatic carbocycles. The first-order valence-corrected chi connectivity index (χ1v) is 19.9. The Bertz CT molecular complexity index is 2460. The van der Waals surface area contributed by atoms with Gasteiger partial charge in [0.2, 0.25) is 0 Å². The number of ether oxygens (including phenoxy) is 4. The summed E-state index contributed by atoms with van der Waals surface area (Å²) < 4.78 is 61.3. The number of benzene rings is 4. The fourth-order valence-electron chi connectivity index (χ4n) is 6.11. The first-order chi connectivity index (χ1) is 29.5. The smallest absolute Gasteiger partial charge is 0.496 e. The summed E-state index contributed by atoms with van der Waals surface area (Å²) in [5.74, 6) is 0.906. The van der Waals surface area contributed by atoms with Crippen molar-refractivity contribution in [1.82, 2.24) is 9.97 Å². The second kappa shape index (κ2) is 20.8. The lowest BCUT2D eigenvalue weighted by molar-refractivity contribution is 0.00578. The molecule has 1 saturated heterocycles. The van der Waals surface area contributed by atoms with Crippen LogP contribution < -0.4 is 26.4 Å². The Morgan fingerprint density at radius 2 is 1.19 bits per heavy atom. The molecular weight excluding hydrogens is 840 g/mol. The van der Waals surface area contributed by atoms with Crippen molar-refractivity contribution in [3.8, 4) is 33.8 Å². The van der Waals surface area contributed by atoms with Gasteiger partial charge in [0.15, 0.2) is 0 Å². The number of hydrogen-bond acceptors (Lipinski definition) is 11. The molecule has 0 spiro atoms. The first kappa shape index (κ1) is 47.1. The van der Waals surface area contributed by atoms with Gasteiger partial charge in [-0.1, -0.05) is 65.7 Å². The van der Waals surface area contributed by atoms with Crippen molar-refractivity contribution in [1.29, 1.82) is 0 Å². The number of nitrogen functional groups attached to an aromatic ring is 2. The van der Waals surface area contributed by atoms with E-state index in [1.54, 1.807) is 91.3 Å². The number of carbonyl (C=O) groups excluding carboxylic acids is 1. The van der Waals surface area contributed by atoms with E-state index in [0.29, 0.717) is 61.9 Å². The molecule has 0 radical (unpaired) electrons. The third kappa shape index (κ3) is 11.7. The second-order valence-corrected chi connectivity index (χ2v) is 15.7. The van der Waals surface area contributed by atoms with Gasteiger partial charge in [-0.15, -0.1) is 0 Å². The number of methoxy groups -OCH3 is 3.